The summed E-state index contributed by atoms with van der Waals surface area (Å²) in [6.07, 6.45) is 0. The molecule has 7 heteroatoms. The number of H-pyrrole nitrogens is 1. The monoisotopic (exact) mass is 380 g/mol. The SMILES string of the molecule is CC(C)(C)OC(=O)c1c(-c2ccccc2)[nH]c(-c2ccc([N+](=O)[O-])cc2)c1O. The molecule has 0 unspecified atom stereocenters. The average Bonchev–Trinajstić information content (AvgIpc) is 2.98. The van der Waals surface area contributed by atoms with Gasteiger partial charge in [-0.25, -0.2) is 4.79 Å². The van der Waals surface area contributed by atoms with Crippen LogP contribution in [0.2, 0.25) is 0 Å². The molecule has 3 rings (SSSR count). The second-order valence-electron chi connectivity index (χ2n) is 7.27. The maximum atomic E-state index is 12.8. The van der Waals surface area contributed by atoms with Crippen LogP contribution in [0.1, 0.15) is 31.1 Å². The van der Waals surface area contributed by atoms with E-state index in [1.807, 2.05) is 18.2 Å². The number of nitro benzene ring substituents is 1. The second-order valence-corrected chi connectivity index (χ2v) is 7.27. The first-order chi connectivity index (χ1) is 13.2. The fraction of sp³-hybridized carbons (Fsp3) is 0.190. The van der Waals surface area contributed by atoms with Crippen molar-refractivity contribution in [1.82, 2.24) is 4.98 Å². The number of aromatic amines is 1. The fourth-order valence-electron chi connectivity index (χ4n) is 2.80. The minimum Gasteiger partial charge on any atom is -0.505 e. The molecule has 2 N–H and O–H groups in total. The lowest BCUT2D eigenvalue weighted by Gasteiger charge is -2.19. The average molecular weight is 380 g/mol. The first-order valence-electron chi connectivity index (χ1n) is 8.66. The molecule has 2 aromatic carbocycles. The Balaban J connectivity index is 2.15. The zero-order valence-electron chi connectivity index (χ0n) is 15.7. The molecule has 1 heterocycles. The van der Waals surface area contributed by atoms with Crippen LogP contribution in [0.15, 0.2) is 54.6 Å². The summed E-state index contributed by atoms with van der Waals surface area (Å²) in [4.78, 5) is 26.2. The highest BCUT2D eigenvalue weighted by Gasteiger charge is 2.29. The number of rotatable bonds is 4. The molecule has 0 saturated carbocycles. The highest BCUT2D eigenvalue weighted by atomic mass is 16.6. The van der Waals surface area contributed by atoms with E-state index in [0.29, 0.717) is 16.8 Å². The van der Waals surface area contributed by atoms with Gasteiger partial charge in [-0.1, -0.05) is 30.3 Å². The largest absolute Gasteiger partial charge is 0.505 e. The van der Waals surface area contributed by atoms with Gasteiger partial charge in [-0.2, -0.15) is 0 Å². The van der Waals surface area contributed by atoms with Crippen molar-refractivity contribution < 1.29 is 19.6 Å². The van der Waals surface area contributed by atoms with E-state index in [4.69, 9.17) is 4.74 Å². The molecule has 0 bridgehead atoms. The first-order valence-corrected chi connectivity index (χ1v) is 8.66. The Morgan fingerprint density at radius 1 is 1.00 bits per heavy atom. The normalized spacial score (nSPS) is 11.2. The molecule has 144 valence electrons. The van der Waals surface area contributed by atoms with E-state index < -0.39 is 16.5 Å². The summed E-state index contributed by atoms with van der Waals surface area (Å²) in [6, 6.07) is 14.8. The van der Waals surface area contributed by atoms with Crippen molar-refractivity contribution in [3.05, 3.63) is 70.3 Å². The lowest BCUT2D eigenvalue weighted by molar-refractivity contribution is -0.384. The molecule has 0 atom stereocenters. The number of carbonyl (C=O) groups is 1. The van der Waals surface area contributed by atoms with Gasteiger partial charge < -0.3 is 14.8 Å². The molecule has 0 aliphatic carbocycles. The summed E-state index contributed by atoms with van der Waals surface area (Å²) in [6.45, 7) is 5.23. The lowest BCUT2D eigenvalue weighted by Crippen LogP contribution is -2.24. The van der Waals surface area contributed by atoms with Gasteiger partial charge in [0.15, 0.2) is 5.75 Å². The van der Waals surface area contributed by atoms with Crippen molar-refractivity contribution in [2.75, 3.05) is 0 Å². The van der Waals surface area contributed by atoms with E-state index in [1.54, 1.807) is 32.9 Å². The van der Waals surface area contributed by atoms with E-state index in [-0.39, 0.29) is 22.7 Å². The number of non-ortho nitro benzene ring substituents is 1. The molecule has 0 aliphatic rings. The maximum Gasteiger partial charge on any atom is 0.344 e. The maximum absolute atomic E-state index is 12.8. The van der Waals surface area contributed by atoms with Crippen molar-refractivity contribution >= 4 is 11.7 Å². The minimum atomic E-state index is -0.734. The molecule has 0 spiro atoms. The van der Waals surface area contributed by atoms with Crippen LogP contribution in [0.3, 0.4) is 0 Å². The number of carbonyl (C=O) groups excluding carboxylic acids is 1. The Kier molecular flexibility index (Phi) is 4.92. The second kappa shape index (κ2) is 7.19. The molecule has 7 nitrogen and oxygen atoms in total. The highest BCUT2D eigenvalue weighted by molar-refractivity contribution is 6.02. The van der Waals surface area contributed by atoms with Crippen LogP contribution < -0.4 is 0 Å². The Hall–Kier alpha value is -3.61. The third kappa shape index (κ3) is 3.88. The minimum absolute atomic E-state index is 0.0227. The van der Waals surface area contributed by atoms with Gasteiger partial charge in [0.05, 0.1) is 16.3 Å². The number of nitro groups is 1. The smallest absolute Gasteiger partial charge is 0.344 e. The number of benzene rings is 2. The summed E-state index contributed by atoms with van der Waals surface area (Å²) < 4.78 is 5.46. The number of nitrogens with one attached hydrogen (secondary N) is 1. The van der Waals surface area contributed by atoms with Gasteiger partial charge in [0.2, 0.25) is 0 Å². The number of esters is 1. The Morgan fingerprint density at radius 3 is 2.11 bits per heavy atom. The van der Waals surface area contributed by atoms with Crippen LogP contribution in [0.5, 0.6) is 5.75 Å². The van der Waals surface area contributed by atoms with Crippen molar-refractivity contribution in [3.63, 3.8) is 0 Å². The molecule has 1 aromatic heterocycles. The predicted octanol–water partition coefficient (Wildman–Crippen LogP) is 4.92. The Labute approximate surface area is 161 Å². The summed E-state index contributed by atoms with van der Waals surface area (Å²) >= 11 is 0. The summed E-state index contributed by atoms with van der Waals surface area (Å²) in [5.74, 6) is -0.921. The van der Waals surface area contributed by atoms with E-state index in [0.717, 1.165) is 0 Å². The highest BCUT2D eigenvalue weighted by Crippen LogP contribution is 2.40. The first kappa shape index (κ1) is 19.2. The van der Waals surface area contributed by atoms with Gasteiger partial charge in [-0.3, -0.25) is 10.1 Å². The summed E-state index contributed by atoms with van der Waals surface area (Å²) in [5, 5.41) is 21.7. The van der Waals surface area contributed by atoms with E-state index in [2.05, 4.69) is 4.98 Å². The van der Waals surface area contributed by atoms with Crippen molar-refractivity contribution in [2.24, 2.45) is 0 Å². The number of aromatic hydroxyl groups is 1. The number of nitrogens with zero attached hydrogens (tertiary/aromatic N) is 1. The molecule has 0 radical (unpaired) electrons. The molecule has 0 aliphatic heterocycles. The molecule has 28 heavy (non-hydrogen) atoms. The molecule has 3 aromatic rings. The summed E-state index contributed by atoms with van der Waals surface area (Å²) in [5.41, 5.74) is 1.14. The van der Waals surface area contributed by atoms with Crippen molar-refractivity contribution in [1.29, 1.82) is 0 Å². The zero-order chi connectivity index (χ0) is 20.5. The van der Waals surface area contributed by atoms with E-state index in [1.165, 1.54) is 24.3 Å². The predicted molar refractivity (Wildman–Crippen MR) is 105 cm³/mol. The number of hydrogen-bond donors (Lipinski definition) is 2. The lowest BCUT2D eigenvalue weighted by atomic mass is 10.1. The quantitative estimate of drug-likeness (QED) is 0.380. The van der Waals surface area contributed by atoms with Gasteiger partial charge in [-0.15, -0.1) is 0 Å². The van der Waals surface area contributed by atoms with Gasteiger partial charge >= 0.3 is 5.97 Å². The third-order valence-electron chi connectivity index (χ3n) is 4.01. The van der Waals surface area contributed by atoms with Crippen molar-refractivity contribution in [3.8, 4) is 28.3 Å². The van der Waals surface area contributed by atoms with E-state index in [9.17, 15) is 20.0 Å². The summed E-state index contributed by atoms with van der Waals surface area (Å²) in [7, 11) is 0. The number of aromatic nitrogens is 1. The van der Waals surface area contributed by atoms with Gasteiger partial charge in [0.1, 0.15) is 11.2 Å². The zero-order valence-corrected chi connectivity index (χ0v) is 15.7. The molecule has 0 amide bonds. The van der Waals surface area contributed by atoms with Crippen LogP contribution in [-0.2, 0) is 4.74 Å². The Bertz CT molecular complexity index is 1020. The molecule has 0 saturated heterocycles. The van der Waals surface area contributed by atoms with Crippen LogP contribution in [0, 0.1) is 10.1 Å². The molecular weight excluding hydrogens is 360 g/mol. The van der Waals surface area contributed by atoms with Crippen LogP contribution in [-0.4, -0.2) is 26.6 Å². The molecule has 0 fully saturated rings. The van der Waals surface area contributed by atoms with Gasteiger partial charge in [-0.05, 0) is 38.5 Å². The van der Waals surface area contributed by atoms with Crippen LogP contribution in [0.4, 0.5) is 5.69 Å². The topological polar surface area (TPSA) is 105 Å². The number of ether oxygens (including phenoxy) is 1. The standard InChI is InChI=1S/C21H20N2O5/c1-21(2,3)28-20(25)16-17(13-7-5-4-6-8-13)22-18(19(16)24)14-9-11-15(12-10-14)23(26)27/h4-12,22,24H,1-3H3. The van der Waals surface area contributed by atoms with Crippen LogP contribution in [0.25, 0.3) is 22.5 Å². The fourth-order valence-corrected chi connectivity index (χ4v) is 2.80. The van der Waals surface area contributed by atoms with Gasteiger partial charge in [0, 0.05) is 17.7 Å². The van der Waals surface area contributed by atoms with Crippen molar-refractivity contribution in [2.45, 2.75) is 26.4 Å². The van der Waals surface area contributed by atoms with Crippen LogP contribution >= 0.6 is 0 Å². The molecular formula is C21H20N2O5. The third-order valence-corrected chi connectivity index (χ3v) is 4.01. The number of hydrogen-bond acceptors (Lipinski definition) is 5. The Morgan fingerprint density at radius 2 is 1.57 bits per heavy atom. The van der Waals surface area contributed by atoms with E-state index >= 15 is 0 Å². The van der Waals surface area contributed by atoms with Gasteiger partial charge in [0.25, 0.3) is 5.69 Å².